The number of rotatable bonds is 4. The third-order valence-electron chi connectivity index (χ3n) is 3.77. The van der Waals surface area contributed by atoms with Crippen molar-refractivity contribution in [3.8, 4) is 17.2 Å². The molecular formula is C14H20BrNO3. The molecule has 4 nitrogen and oxygen atoms in total. The fourth-order valence-corrected chi connectivity index (χ4v) is 3.42. The van der Waals surface area contributed by atoms with Gasteiger partial charge in [0.1, 0.15) is 5.75 Å². The molecule has 2 N–H and O–H groups in total. The molecular weight excluding hydrogens is 310 g/mol. The number of ether oxygens (including phenoxy) is 3. The van der Waals surface area contributed by atoms with Crippen molar-refractivity contribution in [3.05, 3.63) is 16.1 Å². The first kappa shape index (κ1) is 14.5. The van der Waals surface area contributed by atoms with Crippen LogP contribution in [0.25, 0.3) is 0 Å². The van der Waals surface area contributed by atoms with Crippen LogP contribution in [0.4, 0.5) is 0 Å². The smallest absolute Gasteiger partial charge is 0.169 e. The number of hydrogen-bond donors (Lipinski definition) is 1. The molecule has 0 atom stereocenters. The quantitative estimate of drug-likeness (QED) is 0.921. The van der Waals surface area contributed by atoms with E-state index in [1.807, 2.05) is 6.07 Å². The molecule has 5 heteroatoms. The van der Waals surface area contributed by atoms with Gasteiger partial charge < -0.3 is 19.9 Å². The molecule has 0 bridgehead atoms. The second kappa shape index (κ2) is 5.59. The minimum atomic E-state index is -0.409. The molecule has 1 saturated carbocycles. The Morgan fingerprint density at radius 2 is 1.63 bits per heavy atom. The highest BCUT2D eigenvalue weighted by molar-refractivity contribution is 9.10. The molecule has 0 aliphatic heterocycles. The van der Waals surface area contributed by atoms with Crippen molar-refractivity contribution < 1.29 is 14.2 Å². The van der Waals surface area contributed by atoms with Gasteiger partial charge >= 0.3 is 0 Å². The molecule has 1 aromatic rings. The highest BCUT2D eigenvalue weighted by Gasteiger charge is 2.38. The second-order valence-corrected chi connectivity index (χ2v) is 5.72. The molecule has 1 aliphatic rings. The summed E-state index contributed by atoms with van der Waals surface area (Å²) in [7, 11) is 4.90. The third-order valence-corrected chi connectivity index (χ3v) is 4.36. The highest BCUT2D eigenvalue weighted by atomic mass is 79.9. The van der Waals surface area contributed by atoms with Gasteiger partial charge in [0.15, 0.2) is 11.5 Å². The summed E-state index contributed by atoms with van der Waals surface area (Å²) in [5.74, 6) is 2.08. The van der Waals surface area contributed by atoms with Gasteiger partial charge in [0, 0.05) is 11.6 Å². The molecule has 2 rings (SSSR count). The van der Waals surface area contributed by atoms with E-state index in [0.717, 1.165) is 41.5 Å². The number of benzene rings is 1. The van der Waals surface area contributed by atoms with Crippen molar-refractivity contribution in [2.45, 2.75) is 31.2 Å². The zero-order chi connectivity index (χ0) is 14.0. The van der Waals surface area contributed by atoms with Crippen molar-refractivity contribution in [2.24, 2.45) is 5.73 Å². The summed E-state index contributed by atoms with van der Waals surface area (Å²) in [5.41, 5.74) is 7.08. The number of halogens is 1. The number of hydrogen-bond acceptors (Lipinski definition) is 4. The van der Waals surface area contributed by atoms with Crippen LogP contribution in [0.15, 0.2) is 10.5 Å². The number of methoxy groups -OCH3 is 3. The Hall–Kier alpha value is -0.940. The SMILES string of the molecule is COc1cc(Br)c(OC)c(C2(N)CCCC2)c1OC. The maximum absolute atomic E-state index is 6.59. The fraction of sp³-hybridized carbons (Fsp3) is 0.571. The Balaban J connectivity index is 2.70. The molecule has 0 spiro atoms. The number of nitrogens with two attached hydrogens (primary N) is 1. The lowest BCUT2D eigenvalue weighted by molar-refractivity contribution is 0.321. The lowest BCUT2D eigenvalue weighted by Crippen LogP contribution is -2.34. The van der Waals surface area contributed by atoms with E-state index >= 15 is 0 Å². The second-order valence-electron chi connectivity index (χ2n) is 4.87. The van der Waals surface area contributed by atoms with Gasteiger partial charge in [0.25, 0.3) is 0 Å². The molecule has 19 heavy (non-hydrogen) atoms. The van der Waals surface area contributed by atoms with Gasteiger partial charge in [-0.25, -0.2) is 0 Å². The summed E-state index contributed by atoms with van der Waals surface area (Å²) in [5, 5.41) is 0. The molecule has 0 radical (unpaired) electrons. The monoisotopic (exact) mass is 329 g/mol. The predicted molar refractivity (Wildman–Crippen MR) is 78.1 cm³/mol. The van der Waals surface area contributed by atoms with E-state index in [2.05, 4.69) is 15.9 Å². The highest BCUT2D eigenvalue weighted by Crippen LogP contribution is 2.51. The molecule has 106 valence electrons. The first-order chi connectivity index (χ1) is 9.07. The molecule has 0 unspecified atom stereocenters. The van der Waals surface area contributed by atoms with E-state index < -0.39 is 5.54 Å². The zero-order valence-corrected chi connectivity index (χ0v) is 13.2. The molecule has 1 fully saturated rings. The van der Waals surface area contributed by atoms with Crippen LogP contribution < -0.4 is 19.9 Å². The van der Waals surface area contributed by atoms with Crippen LogP contribution >= 0.6 is 15.9 Å². The summed E-state index contributed by atoms with van der Waals surface area (Å²) in [6, 6.07) is 1.85. The Bertz CT molecular complexity index is 470. The summed E-state index contributed by atoms with van der Waals surface area (Å²) < 4.78 is 17.3. The third kappa shape index (κ3) is 2.41. The average molecular weight is 330 g/mol. The summed E-state index contributed by atoms with van der Waals surface area (Å²) in [6.45, 7) is 0. The first-order valence-corrected chi connectivity index (χ1v) is 7.14. The predicted octanol–water partition coefficient (Wildman–Crippen LogP) is 3.20. The van der Waals surface area contributed by atoms with Gasteiger partial charge in [-0.2, -0.15) is 0 Å². The van der Waals surface area contributed by atoms with Gasteiger partial charge in [-0.05, 0) is 28.8 Å². The summed E-state index contributed by atoms with van der Waals surface area (Å²) >= 11 is 3.52. The van der Waals surface area contributed by atoms with Gasteiger partial charge in [-0.1, -0.05) is 12.8 Å². The largest absolute Gasteiger partial charge is 0.495 e. The van der Waals surface area contributed by atoms with Crippen LogP contribution in [0.3, 0.4) is 0 Å². The fourth-order valence-electron chi connectivity index (χ4n) is 2.85. The van der Waals surface area contributed by atoms with E-state index in [1.165, 1.54) is 0 Å². The zero-order valence-electron chi connectivity index (χ0n) is 11.6. The van der Waals surface area contributed by atoms with Crippen molar-refractivity contribution in [1.82, 2.24) is 0 Å². The van der Waals surface area contributed by atoms with Crippen LogP contribution in [-0.4, -0.2) is 21.3 Å². The summed E-state index contributed by atoms with van der Waals surface area (Å²) in [6.07, 6.45) is 4.11. The van der Waals surface area contributed by atoms with Gasteiger partial charge in [0.2, 0.25) is 0 Å². The standard InChI is InChI=1S/C14H20BrNO3/c1-17-10-8-9(15)12(18-2)11(13(10)19-3)14(16)6-4-5-7-14/h8H,4-7,16H2,1-3H3. The van der Waals surface area contributed by atoms with Crippen LogP contribution in [0.1, 0.15) is 31.2 Å². The van der Waals surface area contributed by atoms with E-state index in [1.54, 1.807) is 21.3 Å². The van der Waals surface area contributed by atoms with Gasteiger partial charge in [-0.15, -0.1) is 0 Å². The van der Waals surface area contributed by atoms with E-state index in [4.69, 9.17) is 19.9 Å². The Kier molecular flexibility index (Phi) is 4.26. The van der Waals surface area contributed by atoms with Crippen LogP contribution in [0.5, 0.6) is 17.2 Å². The molecule has 0 saturated heterocycles. The molecule has 0 heterocycles. The first-order valence-electron chi connectivity index (χ1n) is 6.35. The van der Waals surface area contributed by atoms with Gasteiger partial charge in [0.05, 0.1) is 31.4 Å². The maximum atomic E-state index is 6.59. The molecule has 0 amide bonds. The molecule has 0 aromatic heterocycles. The normalized spacial score (nSPS) is 17.3. The molecule has 1 aromatic carbocycles. The minimum absolute atomic E-state index is 0.409. The van der Waals surface area contributed by atoms with Crippen molar-refractivity contribution in [3.63, 3.8) is 0 Å². The molecule has 1 aliphatic carbocycles. The van der Waals surface area contributed by atoms with E-state index in [0.29, 0.717) is 11.5 Å². The Morgan fingerprint density at radius 1 is 1.05 bits per heavy atom. The average Bonchev–Trinajstić information content (AvgIpc) is 2.85. The Morgan fingerprint density at radius 3 is 2.11 bits per heavy atom. The Labute approximate surface area is 122 Å². The van der Waals surface area contributed by atoms with Crippen LogP contribution in [-0.2, 0) is 5.54 Å². The minimum Gasteiger partial charge on any atom is -0.495 e. The van der Waals surface area contributed by atoms with Crippen LogP contribution in [0.2, 0.25) is 0 Å². The van der Waals surface area contributed by atoms with Crippen molar-refractivity contribution >= 4 is 15.9 Å². The summed E-state index contributed by atoms with van der Waals surface area (Å²) in [4.78, 5) is 0. The topological polar surface area (TPSA) is 53.7 Å². The van der Waals surface area contributed by atoms with Crippen LogP contribution in [0, 0.1) is 0 Å². The lowest BCUT2D eigenvalue weighted by Gasteiger charge is -2.29. The van der Waals surface area contributed by atoms with Crippen molar-refractivity contribution in [1.29, 1.82) is 0 Å². The van der Waals surface area contributed by atoms with E-state index in [9.17, 15) is 0 Å². The lowest BCUT2D eigenvalue weighted by atomic mass is 9.87. The van der Waals surface area contributed by atoms with Gasteiger partial charge in [-0.3, -0.25) is 0 Å². The van der Waals surface area contributed by atoms with Crippen molar-refractivity contribution in [2.75, 3.05) is 21.3 Å². The maximum Gasteiger partial charge on any atom is 0.169 e. The van der Waals surface area contributed by atoms with E-state index in [-0.39, 0.29) is 0 Å².